The summed E-state index contributed by atoms with van der Waals surface area (Å²) in [5.74, 6) is 2.73. The molecule has 0 radical (unpaired) electrons. The Hall–Kier alpha value is -3.21. The molecule has 0 aliphatic carbocycles. The molecule has 0 saturated carbocycles. The van der Waals surface area contributed by atoms with E-state index in [1.807, 2.05) is 37.3 Å². The number of rotatable bonds is 3. The van der Waals surface area contributed by atoms with Crippen molar-refractivity contribution in [1.29, 1.82) is 0 Å². The SMILES string of the molecule is Cc1nc(C)c(Cc2ccccc2)c(N2CCC3(CC2)CC(=O)c2ccccc2O3)n1. The summed E-state index contributed by atoms with van der Waals surface area (Å²) in [4.78, 5) is 24.6. The molecule has 0 N–H and O–H groups in total. The van der Waals surface area contributed by atoms with Crippen molar-refractivity contribution >= 4 is 11.6 Å². The molecule has 31 heavy (non-hydrogen) atoms. The molecular weight excluding hydrogens is 386 g/mol. The lowest BCUT2D eigenvalue weighted by atomic mass is 9.82. The third-order valence-electron chi connectivity index (χ3n) is 6.50. The highest BCUT2D eigenvalue weighted by Crippen LogP contribution is 2.40. The number of para-hydroxylation sites is 1. The Morgan fingerprint density at radius 3 is 2.45 bits per heavy atom. The van der Waals surface area contributed by atoms with Crippen molar-refractivity contribution in [3.63, 3.8) is 0 Å². The van der Waals surface area contributed by atoms with Gasteiger partial charge in [0.2, 0.25) is 0 Å². The van der Waals surface area contributed by atoms with Gasteiger partial charge in [0.15, 0.2) is 5.78 Å². The predicted octanol–water partition coefficient (Wildman–Crippen LogP) is 4.69. The second kappa shape index (κ2) is 7.80. The quantitative estimate of drug-likeness (QED) is 0.624. The fourth-order valence-corrected chi connectivity index (χ4v) is 4.83. The number of Topliss-reactive ketones (excluding diaryl/α,β-unsaturated/α-hetero) is 1. The molecule has 3 heterocycles. The molecule has 0 amide bonds. The lowest BCUT2D eigenvalue weighted by Gasteiger charge is -2.44. The van der Waals surface area contributed by atoms with Crippen LogP contribution in [0.2, 0.25) is 0 Å². The van der Waals surface area contributed by atoms with Crippen molar-refractivity contribution < 1.29 is 9.53 Å². The summed E-state index contributed by atoms with van der Waals surface area (Å²) in [5.41, 5.74) is 3.77. The van der Waals surface area contributed by atoms with Gasteiger partial charge in [0, 0.05) is 43.6 Å². The van der Waals surface area contributed by atoms with Crippen LogP contribution < -0.4 is 9.64 Å². The minimum absolute atomic E-state index is 0.189. The lowest BCUT2D eigenvalue weighted by Crippen LogP contribution is -2.51. The number of aromatic nitrogens is 2. The Labute approximate surface area is 183 Å². The topological polar surface area (TPSA) is 55.3 Å². The highest BCUT2D eigenvalue weighted by Gasteiger charge is 2.43. The van der Waals surface area contributed by atoms with Gasteiger partial charge in [-0.1, -0.05) is 42.5 Å². The molecule has 5 heteroatoms. The van der Waals surface area contributed by atoms with E-state index < -0.39 is 5.60 Å². The number of hydrogen-bond donors (Lipinski definition) is 0. The van der Waals surface area contributed by atoms with Gasteiger partial charge in [-0.25, -0.2) is 9.97 Å². The number of carbonyl (C=O) groups excluding carboxylic acids is 1. The van der Waals surface area contributed by atoms with Gasteiger partial charge >= 0.3 is 0 Å². The number of benzene rings is 2. The average Bonchev–Trinajstić information content (AvgIpc) is 2.77. The highest BCUT2D eigenvalue weighted by molar-refractivity contribution is 6.00. The number of hydrogen-bond acceptors (Lipinski definition) is 5. The van der Waals surface area contributed by atoms with Gasteiger partial charge < -0.3 is 9.64 Å². The molecule has 0 unspecified atom stereocenters. The fraction of sp³-hybridized carbons (Fsp3) is 0.346. The summed E-state index contributed by atoms with van der Waals surface area (Å²) >= 11 is 0. The van der Waals surface area contributed by atoms with E-state index in [1.54, 1.807) is 0 Å². The van der Waals surface area contributed by atoms with Crippen LogP contribution in [0.1, 0.15) is 52.3 Å². The normalized spacial score (nSPS) is 17.4. The summed E-state index contributed by atoms with van der Waals surface area (Å²) in [6.07, 6.45) is 2.88. The van der Waals surface area contributed by atoms with E-state index in [0.717, 1.165) is 55.4 Å². The van der Waals surface area contributed by atoms with Crippen molar-refractivity contribution in [3.8, 4) is 5.75 Å². The first kappa shape index (κ1) is 19.7. The van der Waals surface area contributed by atoms with Crippen LogP contribution in [-0.4, -0.2) is 34.4 Å². The summed E-state index contributed by atoms with van der Waals surface area (Å²) in [6, 6.07) is 18.1. The second-order valence-corrected chi connectivity index (χ2v) is 8.69. The van der Waals surface area contributed by atoms with Crippen molar-refractivity contribution in [3.05, 3.63) is 82.8 Å². The van der Waals surface area contributed by atoms with Crippen LogP contribution in [0.4, 0.5) is 5.82 Å². The fourth-order valence-electron chi connectivity index (χ4n) is 4.83. The molecule has 1 aromatic heterocycles. The van der Waals surface area contributed by atoms with E-state index in [1.165, 1.54) is 11.1 Å². The Bertz CT molecular complexity index is 1120. The van der Waals surface area contributed by atoms with E-state index in [0.29, 0.717) is 12.0 Å². The first-order valence-corrected chi connectivity index (χ1v) is 11.0. The maximum absolute atomic E-state index is 12.7. The molecule has 5 nitrogen and oxygen atoms in total. The molecule has 0 atom stereocenters. The molecule has 1 fully saturated rings. The van der Waals surface area contributed by atoms with E-state index in [-0.39, 0.29) is 5.78 Å². The van der Waals surface area contributed by atoms with Crippen LogP contribution in [0, 0.1) is 13.8 Å². The molecule has 2 aliphatic rings. The number of aryl methyl sites for hydroxylation is 2. The number of ketones is 1. The second-order valence-electron chi connectivity index (χ2n) is 8.69. The van der Waals surface area contributed by atoms with E-state index in [4.69, 9.17) is 9.72 Å². The molecule has 5 rings (SSSR count). The Kier molecular flexibility index (Phi) is 4.97. The number of carbonyl (C=O) groups is 1. The Morgan fingerprint density at radius 2 is 1.68 bits per heavy atom. The molecular formula is C26H27N3O2. The van der Waals surface area contributed by atoms with E-state index in [9.17, 15) is 4.79 Å². The molecule has 3 aromatic rings. The van der Waals surface area contributed by atoms with E-state index >= 15 is 0 Å². The van der Waals surface area contributed by atoms with Crippen LogP contribution in [0.3, 0.4) is 0 Å². The minimum atomic E-state index is -0.404. The number of piperidine rings is 1. The van der Waals surface area contributed by atoms with Gasteiger partial charge in [-0.3, -0.25) is 4.79 Å². The number of nitrogens with zero attached hydrogens (tertiary/aromatic N) is 3. The largest absolute Gasteiger partial charge is 0.486 e. The van der Waals surface area contributed by atoms with Crippen LogP contribution in [-0.2, 0) is 6.42 Å². The minimum Gasteiger partial charge on any atom is -0.486 e. The molecule has 2 aromatic carbocycles. The predicted molar refractivity (Wildman–Crippen MR) is 121 cm³/mol. The first-order chi connectivity index (χ1) is 15.0. The third-order valence-corrected chi connectivity index (χ3v) is 6.50. The van der Waals surface area contributed by atoms with Gasteiger partial charge in [0.25, 0.3) is 0 Å². The maximum atomic E-state index is 12.7. The summed E-state index contributed by atoms with van der Waals surface area (Å²) in [6.45, 7) is 5.65. The summed E-state index contributed by atoms with van der Waals surface area (Å²) < 4.78 is 6.41. The van der Waals surface area contributed by atoms with Gasteiger partial charge in [-0.05, 0) is 31.5 Å². The summed E-state index contributed by atoms with van der Waals surface area (Å²) in [7, 11) is 0. The van der Waals surface area contributed by atoms with Crippen molar-refractivity contribution in [2.45, 2.75) is 45.1 Å². The maximum Gasteiger partial charge on any atom is 0.170 e. The van der Waals surface area contributed by atoms with Crippen LogP contribution >= 0.6 is 0 Å². The highest BCUT2D eigenvalue weighted by atomic mass is 16.5. The third kappa shape index (κ3) is 3.80. The Morgan fingerprint density at radius 1 is 0.968 bits per heavy atom. The van der Waals surface area contributed by atoms with Crippen molar-refractivity contribution in [2.24, 2.45) is 0 Å². The van der Waals surface area contributed by atoms with Gasteiger partial charge in [0.05, 0.1) is 12.0 Å². The molecule has 1 saturated heterocycles. The van der Waals surface area contributed by atoms with Crippen LogP contribution in [0.15, 0.2) is 54.6 Å². The smallest absolute Gasteiger partial charge is 0.170 e. The van der Waals surface area contributed by atoms with Crippen molar-refractivity contribution in [2.75, 3.05) is 18.0 Å². The molecule has 158 valence electrons. The van der Waals surface area contributed by atoms with Crippen molar-refractivity contribution in [1.82, 2.24) is 9.97 Å². The van der Waals surface area contributed by atoms with Gasteiger partial charge in [-0.15, -0.1) is 0 Å². The molecule has 2 aliphatic heterocycles. The van der Waals surface area contributed by atoms with Gasteiger partial charge in [0.1, 0.15) is 23.0 Å². The van der Waals surface area contributed by atoms with Crippen LogP contribution in [0.5, 0.6) is 5.75 Å². The zero-order valence-electron chi connectivity index (χ0n) is 18.1. The van der Waals surface area contributed by atoms with Crippen LogP contribution in [0.25, 0.3) is 0 Å². The molecule has 1 spiro atoms. The summed E-state index contributed by atoms with van der Waals surface area (Å²) in [5, 5.41) is 0. The van der Waals surface area contributed by atoms with E-state index in [2.05, 4.69) is 41.1 Å². The Balaban J connectivity index is 1.39. The molecule has 0 bridgehead atoms. The number of anilines is 1. The zero-order chi connectivity index (χ0) is 21.4. The zero-order valence-corrected chi connectivity index (χ0v) is 18.1. The monoisotopic (exact) mass is 413 g/mol. The van der Waals surface area contributed by atoms with Gasteiger partial charge in [-0.2, -0.15) is 0 Å². The first-order valence-electron chi connectivity index (χ1n) is 11.0. The lowest BCUT2D eigenvalue weighted by molar-refractivity contribution is 0.0231. The number of fused-ring (bicyclic) bond motifs is 1. The average molecular weight is 414 g/mol. The number of ether oxygens (including phenoxy) is 1. The standard InChI is InChI=1S/C26H27N3O2/c1-18-22(16-20-8-4-3-5-9-20)25(28-19(2)27-18)29-14-12-26(13-15-29)17-23(30)21-10-6-7-11-24(21)31-26/h3-11H,12-17H2,1-2H3.